The Hall–Kier alpha value is -2.58. The number of carbonyl (C=O) groups excluding carboxylic acids is 1. The van der Waals surface area contributed by atoms with Crippen LogP contribution in [0.5, 0.6) is 5.75 Å². The maximum absolute atomic E-state index is 13.4. The average molecular weight is 449 g/mol. The first-order valence-electron chi connectivity index (χ1n) is 10.1. The molecule has 8 heteroatoms. The maximum atomic E-state index is 13.4. The topological polar surface area (TPSA) is 64.3 Å². The second-order valence-electron chi connectivity index (χ2n) is 7.89. The van der Waals surface area contributed by atoms with E-state index in [9.17, 15) is 18.0 Å². The van der Waals surface area contributed by atoms with Crippen molar-refractivity contribution in [3.8, 4) is 5.75 Å². The van der Waals surface area contributed by atoms with Gasteiger partial charge in [0.05, 0.1) is 18.3 Å². The number of nitrogens with one attached hydrogen (secondary N) is 1. The number of ether oxygens (including phenoxy) is 1. The summed E-state index contributed by atoms with van der Waals surface area (Å²) in [5.41, 5.74) is 6.27. The number of amides is 1. The second-order valence-corrected chi connectivity index (χ2v) is 8.77. The van der Waals surface area contributed by atoms with Crippen LogP contribution in [0.4, 0.5) is 13.2 Å². The number of nitrogens with two attached hydrogens (primary N) is 1. The molecule has 0 radical (unpaired) electrons. The van der Waals surface area contributed by atoms with Gasteiger partial charge < -0.3 is 15.8 Å². The molecule has 1 aliphatic carbocycles. The molecule has 0 bridgehead atoms. The van der Waals surface area contributed by atoms with Gasteiger partial charge in [-0.15, -0.1) is 11.3 Å². The van der Waals surface area contributed by atoms with E-state index in [2.05, 4.69) is 5.32 Å². The number of hydrogen-bond donors (Lipinski definition) is 2. The normalized spacial score (nSPS) is 21.8. The molecule has 0 saturated heterocycles. The Bertz CT molecular complexity index is 1090. The Morgan fingerprint density at radius 3 is 2.61 bits per heavy atom. The lowest BCUT2D eigenvalue weighted by atomic mass is 9.75. The molecule has 1 amide bonds. The van der Waals surface area contributed by atoms with Crippen LogP contribution < -0.4 is 15.8 Å². The van der Waals surface area contributed by atoms with Crippen molar-refractivity contribution in [2.75, 3.05) is 7.11 Å². The summed E-state index contributed by atoms with van der Waals surface area (Å²) in [5, 5.41) is 4.32. The van der Waals surface area contributed by atoms with Crippen molar-refractivity contribution < 1.29 is 22.7 Å². The van der Waals surface area contributed by atoms with Crippen LogP contribution in [0, 0.1) is 0 Å². The summed E-state index contributed by atoms with van der Waals surface area (Å²) < 4.78 is 45.9. The maximum Gasteiger partial charge on any atom is 0.417 e. The van der Waals surface area contributed by atoms with Gasteiger partial charge in [-0.2, -0.15) is 13.2 Å². The van der Waals surface area contributed by atoms with Gasteiger partial charge in [-0.3, -0.25) is 4.79 Å². The number of carbonyl (C=O) groups is 1. The molecule has 1 heterocycles. The lowest BCUT2D eigenvalue weighted by molar-refractivity contribution is -0.136. The molecule has 2 atom stereocenters. The molecular weight excluding hydrogens is 425 g/mol. The first-order valence-corrected chi connectivity index (χ1v) is 10.9. The Morgan fingerprint density at radius 2 is 1.94 bits per heavy atom. The summed E-state index contributed by atoms with van der Waals surface area (Å²) in [4.78, 5) is 12.9. The van der Waals surface area contributed by atoms with Gasteiger partial charge >= 0.3 is 6.18 Å². The Balaban J connectivity index is 1.68. The lowest BCUT2D eigenvalue weighted by Gasteiger charge is -2.42. The molecule has 3 N–H and O–H groups in total. The van der Waals surface area contributed by atoms with Gasteiger partial charge in [0.2, 0.25) is 0 Å². The van der Waals surface area contributed by atoms with Crippen LogP contribution in [0.1, 0.15) is 53.1 Å². The summed E-state index contributed by atoms with van der Waals surface area (Å²) in [5.74, 6) is 0.0395. The zero-order valence-electron chi connectivity index (χ0n) is 17.0. The standard InChI is InChI=1S/C23H23F3N2O2S/c1-30-15-10-8-14(9-11-15)21(29)28-22(27)12-3-2-7-18(22)16-5-4-6-17-19(23(24,25)26)13-31-20(16)17/h4-6,8-11,13,18H,2-3,7,12,27H2,1H3,(H,28,29)/t18?,22-/m1/s1. The molecule has 0 aliphatic heterocycles. The molecule has 2 aromatic carbocycles. The summed E-state index contributed by atoms with van der Waals surface area (Å²) in [7, 11) is 1.55. The number of thiophene rings is 1. The highest BCUT2D eigenvalue weighted by atomic mass is 32.1. The van der Waals surface area contributed by atoms with Gasteiger partial charge in [0.1, 0.15) is 5.75 Å². The molecule has 1 fully saturated rings. The minimum Gasteiger partial charge on any atom is -0.497 e. The van der Waals surface area contributed by atoms with E-state index in [0.29, 0.717) is 28.9 Å². The van der Waals surface area contributed by atoms with Crippen molar-refractivity contribution in [1.82, 2.24) is 5.32 Å². The van der Waals surface area contributed by atoms with E-state index in [4.69, 9.17) is 10.5 Å². The van der Waals surface area contributed by atoms with Crippen LogP contribution in [0.2, 0.25) is 0 Å². The van der Waals surface area contributed by atoms with E-state index < -0.39 is 17.4 Å². The van der Waals surface area contributed by atoms with Gasteiger partial charge in [-0.1, -0.05) is 24.6 Å². The van der Waals surface area contributed by atoms with Crippen LogP contribution in [-0.4, -0.2) is 18.7 Å². The van der Waals surface area contributed by atoms with Crippen molar-refractivity contribution in [2.45, 2.75) is 43.4 Å². The number of benzene rings is 2. The predicted molar refractivity (Wildman–Crippen MR) is 115 cm³/mol. The van der Waals surface area contributed by atoms with Gasteiger partial charge in [-0.25, -0.2) is 0 Å². The van der Waals surface area contributed by atoms with E-state index in [0.717, 1.165) is 35.1 Å². The van der Waals surface area contributed by atoms with E-state index in [1.165, 1.54) is 6.07 Å². The first kappa shape index (κ1) is 21.6. The summed E-state index contributed by atoms with van der Waals surface area (Å²) in [6.45, 7) is 0. The van der Waals surface area contributed by atoms with Crippen LogP contribution in [0.15, 0.2) is 47.8 Å². The third-order valence-corrected chi connectivity index (χ3v) is 7.01. The van der Waals surface area contributed by atoms with E-state index in [-0.39, 0.29) is 17.2 Å². The second kappa shape index (κ2) is 8.16. The molecule has 1 aliphatic rings. The predicted octanol–water partition coefficient (Wildman–Crippen LogP) is 5.67. The molecule has 0 spiro atoms. The Morgan fingerprint density at radius 1 is 1.19 bits per heavy atom. The van der Waals surface area contributed by atoms with Gasteiger partial charge in [-0.05, 0) is 49.1 Å². The van der Waals surface area contributed by atoms with Crippen LogP contribution in [0.25, 0.3) is 10.1 Å². The molecule has 4 rings (SSSR count). The van der Waals surface area contributed by atoms with E-state index in [1.807, 2.05) is 6.07 Å². The molecule has 1 saturated carbocycles. The van der Waals surface area contributed by atoms with Crippen LogP contribution in [0.3, 0.4) is 0 Å². The number of hydrogen-bond acceptors (Lipinski definition) is 4. The van der Waals surface area contributed by atoms with Crippen molar-refractivity contribution >= 4 is 27.3 Å². The van der Waals surface area contributed by atoms with Crippen LogP contribution >= 0.6 is 11.3 Å². The highest BCUT2D eigenvalue weighted by molar-refractivity contribution is 7.17. The Labute approximate surface area is 182 Å². The van der Waals surface area contributed by atoms with E-state index in [1.54, 1.807) is 37.4 Å². The third-order valence-electron chi connectivity index (χ3n) is 5.96. The molecule has 3 aromatic rings. The molecule has 31 heavy (non-hydrogen) atoms. The van der Waals surface area contributed by atoms with Crippen molar-refractivity contribution in [3.05, 3.63) is 64.5 Å². The zero-order valence-corrected chi connectivity index (χ0v) is 17.8. The molecular formula is C23H23F3N2O2S. The fraction of sp³-hybridized carbons (Fsp3) is 0.348. The quantitative estimate of drug-likeness (QED) is 0.506. The van der Waals surface area contributed by atoms with Gasteiger partial charge in [0.25, 0.3) is 5.91 Å². The number of alkyl halides is 3. The van der Waals surface area contributed by atoms with Crippen molar-refractivity contribution in [3.63, 3.8) is 0 Å². The fourth-order valence-corrected chi connectivity index (χ4v) is 5.53. The van der Waals surface area contributed by atoms with Gasteiger partial charge in [0, 0.05) is 26.9 Å². The number of fused-ring (bicyclic) bond motifs is 1. The first-order chi connectivity index (χ1) is 14.7. The minimum atomic E-state index is -4.41. The summed E-state index contributed by atoms with van der Waals surface area (Å²) in [6, 6.07) is 11.7. The summed E-state index contributed by atoms with van der Waals surface area (Å²) >= 11 is 1.08. The zero-order chi connectivity index (χ0) is 22.2. The SMILES string of the molecule is COc1ccc(C(=O)N[C@]2(N)CCCCC2c2cccc3c(C(F)(F)F)csc23)cc1. The summed E-state index contributed by atoms with van der Waals surface area (Å²) in [6.07, 6.45) is -1.43. The minimum absolute atomic E-state index is 0.185. The largest absolute Gasteiger partial charge is 0.497 e. The van der Waals surface area contributed by atoms with Gasteiger partial charge in [0.15, 0.2) is 0 Å². The monoisotopic (exact) mass is 448 g/mol. The molecule has 164 valence electrons. The number of methoxy groups -OCH3 is 1. The number of rotatable bonds is 4. The van der Waals surface area contributed by atoms with Crippen LogP contribution in [-0.2, 0) is 6.18 Å². The third kappa shape index (κ3) is 4.14. The average Bonchev–Trinajstić information content (AvgIpc) is 3.19. The Kier molecular flexibility index (Phi) is 5.70. The lowest BCUT2D eigenvalue weighted by Crippen LogP contribution is -2.61. The van der Waals surface area contributed by atoms with Crippen molar-refractivity contribution in [2.24, 2.45) is 5.73 Å². The highest BCUT2D eigenvalue weighted by Gasteiger charge is 2.41. The fourth-order valence-electron chi connectivity index (χ4n) is 4.38. The number of halogens is 3. The smallest absolute Gasteiger partial charge is 0.417 e. The molecule has 1 unspecified atom stereocenters. The van der Waals surface area contributed by atoms with E-state index >= 15 is 0 Å². The molecule has 4 nitrogen and oxygen atoms in total. The molecule has 1 aromatic heterocycles. The highest BCUT2D eigenvalue weighted by Crippen LogP contribution is 2.45. The van der Waals surface area contributed by atoms with Crippen molar-refractivity contribution in [1.29, 1.82) is 0 Å².